The number of nitrogens with zero attached hydrogens (tertiary/aromatic N) is 1. The number of rotatable bonds is 1. The Morgan fingerprint density at radius 3 is 2.90 bits per heavy atom. The first-order valence-electron chi connectivity index (χ1n) is 6.45. The Morgan fingerprint density at radius 2 is 2.05 bits per heavy atom. The molecule has 0 aliphatic carbocycles. The van der Waals surface area contributed by atoms with Crippen molar-refractivity contribution in [1.82, 2.24) is 9.97 Å². The molecule has 0 bridgehead atoms. The van der Waals surface area contributed by atoms with E-state index < -0.39 is 0 Å². The monoisotopic (exact) mass is 344 g/mol. The number of fused-ring (bicyclic) bond motifs is 2. The van der Waals surface area contributed by atoms with Crippen molar-refractivity contribution in [2.24, 2.45) is 0 Å². The predicted molar refractivity (Wildman–Crippen MR) is 83.7 cm³/mol. The van der Waals surface area contributed by atoms with Crippen LogP contribution in [0, 0.1) is 12.7 Å². The number of aromatic amines is 1. The van der Waals surface area contributed by atoms with Gasteiger partial charge in [-0.15, -0.1) is 0 Å². The van der Waals surface area contributed by atoms with Crippen molar-refractivity contribution in [3.05, 3.63) is 52.3 Å². The fraction of sp³-hybridized carbons (Fsp3) is 0.0625. The highest BCUT2D eigenvalue weighted by Crippen LogP contribution is 2.29. The minimum absolute atomic E-state index is 0.321. The van der Waals surface area contributed by atoms with Crippen molar-refractivity contribution >= 4 is 37.9 Å². The molecule has 0 atom stereocenters. The van der Waals surface area contributed by atoms with E-state index in [-0.39, 0.29) is 5.82 Å². The maximum atomic E-state index is 13.6. The van der Waals surface area contributed by atoms with E-state index in [1.165, 1.54) is 11.6 Å². The van der Waals surface area contributed by atoms with Crippen LogP contribution in [0.3, 0.4) is 0 Å². The molecule has 0 unspecified atom stereocenters. The van der Waals surface area contributed by atoms with Gasteiger partial charge in [-0.3, -0.25) is 0 Å². The molecule has 0 radical (unpaired) electrons. The molecule has 0 fully saturated rings. The lowest BCUT2D eigenvalue weighted by Crippen LogP contribution is -1.77. The molecule has 0 aliphatic heterocycles. The largest absolute Gasteiger partial charge is 0.453 e. The molecule has 0 saturated heterocycles. The lowest BCUT2D eigenvalue weighted by molar-refractivity contribution is 0.622. The number of nitrogens with one attached hydrogen (secondary N) is 1. The topological polar surface area (TPSA) is 41.8 Å². The first kappa shape index (κ1) is 12.6. The van der Waals surface area contributed by atoms with Crippen LogP contribution in [0.2, 0.25) is 0 Å². The van der Waals surface area contributed by atoms with E-state index in [2.05, 4.69) is 32.0 Å². The van der Waals surface area contributed by atoms with Crippen LogP contribution in [0.5, 0.6) is 0 Å². The molecule has 2 heterocycles. The normalized spacial score (nSPS) is 11.6. The van der Waals surface area contributed by atoms with Crippen LogP contribution < -0.4 is 0 Å². The van der Waals surface area contributed by atoms with Gasteiger partial charge in [0, 0.05) is 11.5 Å². The van der Waals surface area contributed by atoms with Crippen LogP contribution in [-0.4, -0.2) is 9.97 Å². The van der Waals surface area contributed by atoms with E-state index >= 15 is 0 Å². The van der Waals surface area contributed by atoms with Crippen molar-refractivity contribution in [3.63, 3.8) is 0 Å². The molecule has 0 spiro atoms. The maximum absolute atomic E-state index is 13.6. The highest BCUT2D eigenvalue weighted by atomic mass is 79.9. The average Bonchev–Trinajstić information content (AvgIpc) is 3.02. The number of hydrogen-bond donors (Lipinski definition) is 1. The van der Waals surface area contributed by atoms with E-state index in [0.29, 0.717) is 27.1 Å². The van der Waals surface area contributed by atoms with Crippen molar-refractivity contribution in [2.75, 3.05) is 0 Å². The SMILES string of the molecule is Cc1ccc2oc(-c3nc4cc(Br)c(F)cc4[nH]3)cc2c1. The van der Waals surface area contributed by atoms with Gasteiger partial charge in [0.25, 0.3) is 0 Å². The third kappa shape index (κ3) is 2.05. The number of furan rings is 1. The number of benzene rings is 2. The zero-order valence-electron chi connectivity index (χ0n) is 11.1. The standard InChI is InChI=1S/C16H10BrFN2O/c1-8-2-3-14-9(4-8)5-15(21-14)16-19-12-6-10(17)11(18)7-13(12)20-16/h2-7H,1H3,(H,19,20). The van der Waals surface area contributed by atoms with E-state index in [9.17, 15) is 4.39 Å². The molecule has 1 N–H and O–H groups in total. The molecule has 2 aromatic heterocycles. The number of aromatic nitrogens is 2. The Hall–Kier alpha value is -2.14. The molecule has 0 saturated carbocycles. The summed E-state index contributed by atoms with van der Waals surface area (Å²) in [4.78, 5) is 7.55. The first-order valence-corrected chi connectivity index (χ1v) is 7.25. The van der Waals surface area contributed by atoms with Crippen LogP contribution >= 0.6 is 15.9 Å². The van der Waals surface area contributed by atoms with Gasteiger partial charge in [-0.25, -0.2) is 9.37 Å². The Kier molecular flexibility index (Phi) is 2.65. The minimum atomic E-state index is -0.321. The summed E-state index contributed by atoms with van der Waals surface area (Å²) >= 11 is 3.17. The van der Waals surface area contributed by atoms with Gasteiger partial charge < -0.3 is 9.40 Å². The van der Waals surface area contributed by atoms with Crippen molar-refractivity contribution in [3.8, 4) is 11.6 Å². The fourth-order valence-corrected chi connectivity index (χ4v) is 2.73. The number of hydrogen-bond acceptors (Lipinski definition) is 2. The van der Waals surface area contributed by atoms with Gasteiger partial charge in [-0.1, -0.05) is 11.6 Å². The molecule has 2 aromatic carbocycles. The van der Waals surface area contributed by atoms with Crippen LogP contribution in [0.1, 0.15) is 5.56 Å². The Bertz CT molecular complexity index is 948. The van der Waals surface area contributed by atoms with Gasteiger partial charge in [0.2, 0.25) is 0 Å². The second-order valence-corrected chi connectivity index (χ2v) is 5.88. The van der Waals surface area contributed by atoms with E-state index in [4.69, 9.17) is 4.42 Å². The summed E-state index contributed by atoms with van der Waals surface area (Å²) in [6, 6.07) is 11.0. The number of aryl methyl sites for hydroxylation is 1. The van der Waals surface area contributed by atoms with Crippen LogP contribution in [0.4, 0.5) is 4.39 Å². The Labute approximate surface area is 127 Å². The first-order chi connectivity index (χ1) is 10.1. The number of imidazole rings is 1. The van der Waals surface area contributed by atoms with E-state index in [1.807, 2.05) is 25.1 Å². The smallest absolute Gasteiger partial charge is 0.174 e. The second-order valence-electron chi connectivity index (χ2n) is 5.02. The highest BCUT2D eigenvalue weighted by Gasteiger charge is 2.12. The molecule has 21 heavy (non-hydrogen) atoms. The van der Waals surface area contributed by atoms with Gasteiger partial charge in [0.05, 0.1) is 15.5 Å². The maximum Gasteiger partial charge on any atom is 0.174 e. The van der Waals surface area contributed by atoms with E-state index in [1.54, 1.807) is 6.07 Å². The van der Waals surface area contributed by atoms with Crippen LogP contribution in [-0.2, 0) is 0 Å². The third-order valence-corrected chi connectivity index (χ3v) is 4.04. The lowest BCUT2D eigenvalue weighted by Gasteiger charge is -1.92. The molecule has 4 aromatic rings. The zero-order valence-corrected chi connectivity index (χ0v) is 12.7. The number of H-pyrrole nitrogens is 1. The lowest BCUT2D eigenvalue weighted by atomic mass is 10.2. The summed E-state index contributed by atoms with van der Waals surface area (Å²) in [5, 5.41) is 1.03. The predicted octanol–water partition coefficient (Wildman–Crippen LogP) is 5.19. The molecule has 0 amide bonds. The molecule has 4 rings (SSSR count). The quantitative estimate of drug-likeness (QED) is 0.516. The summed E-state index contributed by atoms with van der Waals surface area (Å²) in [5.74, 6) is 0.914. The molecular formula is C16H10BrFN2O. The molecule has 0 aliphatic rings. The zero-order chi connectivity index (χ0) is 14.6. The number of halogens is 2. The summed E-state index contributed by atoms with van der Waals surface area (Å²) in [7, 11) is 0. The molecule has 3 nitrogen and oxygen atoms in total. The molecule has 5 heteroatoms. The van der Waals surface area contributed by atoms with Crippen LogP contribution in [0.15, 0.2) is 45.3 Å². The molecular weight excluding hydrogens is 335 g/mol. The Morgan fingerprint density at radius 1 is 1.19 bits per heavy atom. The van der Waals surface area contributed by atoms with Crippen molar-refractivity contribution < 1.29 is 8.81 Å². The Balaban J connectivity index is 1.91. The van der Waals surface area contributed by atoms with Crippen molar-refractivity contribution in [2.45, 2.75) is 6.92 Å². The summed E-state index contributed by atoms with van der Waals surface area (Å²) in [5.41, 5.74) is 3.31. The van der Waals surface area contributed by atoms with Gasteiger partial charge in [0.15, 0.2) is 11.6 Å². The minimum Gasteiger partial charge on any atom is -0.453 e. The molecule has 104 valence electrons. The van der Waals surface area contributed by atoms with Gasteiger partial charge in [-0.2, -0.15) is 0 Å². The van der Waals surface area contributed by atoms with Crippen LogP contribution in [0.25, 0.3) is 33.6 Å². The fourth-order valence-electron chi connectivity index (χ4n) is 2.40. The van der Waals surface area contributed by atoms with E-state index in [0.717, 1.165) is 11.0 Å². The average molecular weight is 345 g/mol. The summed E-state index contributed by atoms with van der Waals surface area (Å²) in [6.45, 7) is 2.04. The third-order valence-electron chi connectivity index (χ3n) is 3.43. The van der Waals surface area contributed by atoms with Gasteiger partial charge >= 0.3 is 0 Å². The van der Waals surface area contributed by atoms with Gasteiger partial charge in [-0.05, 0) is 47.1 Å². The summed E-state index contributed by atoms with van der Waals surface area (Å²) < 4.78 is 19.8. The summed E-state index contributed by atoms with van der Waals surface area (Å²) in [6.07, 6.45) is 0. The second kappa shape index (κ2) is 4.43. The van der Waals surface area contributed by atoms with Crippen molar-refractivity contribution in [1.29, 1.82) is 0 Å². The highest BCUT2D eigenvalue weighted by molar-refractivity contribution is 9.10. The van der Waals surface area contributed by atoms with Gasteiger partial charge in [0.1, 0.15) is 11.4 Å².